The second-order valence-corrected chi connectivity index (χ2v) is 5.24. The standard InChI is InChI=1S/C14H13BrF2N2O/c15-8-5-10(16)13(11(17)6-8)14(20)9(7-18)12-3-1-2-4-19-12/h1-6,9,14,20H,7,18H2. The fourth-order valence-corrected chi connectivity index (χ4v) is 2.45. The molecule has 6 heteroatoms. The van der Waals surface area contributed by atoms with Gasteiger partial charge in [-0.1, -0.05) is 22.0 Å². The van der Waals surface area contributed by atoms with E-state index in [0.717, 1.165) is 12.1 Å². The van der Waals surface area contributed by atoms with Crippen LogP contribution in [0.3, 0.4) is 0 Å². The van der Waals surface area contributed by atoms with Crippen LogP contribution in [0.2, 0.25) is 0 Å². The number of aliphatic hydroxyl groups excluding tert-OH is 1. The molecule has 3 nitrogen and oxygen atoms in total. The number of hydrogen-bond acceptors (Lipinski definition) is 3. The van der Waals surface area contributed by atoms with E-state index in [1.165, 1.54) is 0 Å². The summed E-state index contributed by atoms with van der Waals surface area (Å²) in [6, 6.07) is 7.31. The van der Waals surface area contributed by atoms with E-state index in [4.69, 9.17) is 5.73 Å². The van der Waals surface area contributed by atoms with Gasteiger partial charge in [-0.2, -0.15) is 0 Å². The first kappa shape index (κ1) is 15.0. The van der Waals surface area contributed by atoms with Gasteiger partial charge in [0.2, 0.25) is 0 Å². The average Bonchev–Trinajstić information content (AvgIpc) is 2.39. The first-order chi connectivity index (χ1) is 9.54. The number of halogens is 3. The minimum Gasteiger partial charge on any atom is -0.387 e. The molecule has 2 atom stereocenters. The van der Waals surface area contributed by atoms with E-state index in [-0.39, 0.29) is 11.0 Å². The summed E-state index contributed by atoms with van der Waals surface area (Å²) < 4.78 is 28.0. The summed E-state index contributed by atoms with van der Waals surface area (Å²) in [5.74, 6) is -2.32. The summed E-state index contributed by atoms with van der Waals surface area (Å²) in [6.45, 7) is 0.0210. The summed E-state index contributed by atoms with van der Waals surface area (Å²) in [7, 11) is 0. The van der Waals surface area contributed by atoms with Crippen LogP contribution in [-0.2, 0) is 0 Å². The molecule has 0 fully saturated rings. The van der Waals surface area contributed by atoms with Crippen LogP contribution < -0.4 is 5.73 Å². The van der Waals surface area contributed by atoms with Gasteiger partial charge in [0.1, 0.15) is 11.6 Å². The Kier molecular flexibility index (Phi) is 4.80. The zero-order valence-electron chi connectivity index (χ0n) is 10.4. The summed E-state index contributed by atoms with van der Waals surface area (Å²) in [6.07, 6.45) is 0.141. The number of pyridine rings is 1. The van der Waals surface area contributed by atoms with Crippen LogP contribution >= 0.6 is 15.9 Å². The number of nitrogens with two attached hydrogens (primary N) is 1. The molecule has 0 bridgehead atoms. The van der Waals surface area contributed by atoms with Crippen molar-refractivity contribution in [2.75, 3.05) is 6.54 Å². The maximum Gasteiger partial charge on any atom is 0.133 e. The lowest BCUT2D eigenvalue weighted by Crippen LogP contribution is -2.22. The van der Waals surface area contributed by atoms with Crippen LogP contribution in [0.5, 0.6) is 0 Å². The largest absolute Gasteiger partial charge is 0.387 e. The smallest absolute Gasteiger partial charge is 0.133 e. The van der Waals surface area contributed by atoms with Crippen LogP contribution in [0.1, 0.15) is 23.3 Å². The Morgan fingerprint density at radius 2 is 1.90 bits per heavy atom. The maximum absolute atomic E-state index is 13.9. The number of nitrogens with zero attached hydrogens (tertiary/aromatic N) is 1. The Morgan fingerprint density at radius 3 is 2.40 bits per heavy atom. The molecule has 0 amide bonds. The van der Waals surface area contributed by atoms with Crippen LogP contribution in [0, 0.1) is 11.6 Å². The summed E-state index contributed by atoms with van der Waals surface area (Å²) in [5, 5.41) is 10.3. The molecule has 1 aromatic carbocycles. The first-order valence-electron chi connectivity index (χ1n) is 5.98. The minimum atomic E-state index is -1.40. The van der Waals surface area contributed by atoms with Gasteiger partial charge < -0.3 is 10.8 Å². The Bertz CT molecular complexity index is 572. The first-order valence-corrected chi connectivity index (χ1v) is 6.77. The molecule has 0 radical (unpaired) electrons. The Balaban J connectivity index is 2.42. The van der Waals surface area contributed by atoms with Crippen LogP contribution in [0.15, 0.2) is 41.0 Å². The van der Waals surface area contributed by atoms with Crippen LogP contribution in [0.4, 0.5) is 8.78 Å². The SMILES string of the molecule is NCC(c1ccccn1)C(O)c1c(F)cc(Br)cc1F. The molecule has 0 saturated heterocycles. The van der Waals surface area contributed by atoms with Gasteiger partial charge in [0.25, 0.3) is 0 Å². The van der Waals surface area contributed by atoms with Gasteiger partial charge in [-0.05, 0) is 24.3 Å². The molecule has 0 saturated carbocycles. The van der Waals surface area contributed by atoms with Crippen LogP contribution in [-0.4, -0.2) is 16.6 Å². The number of benzene rings is 1. The molecule has 2 unspecified atom stereocenters. The van der Waals surface area contributed by atoms with E-state index in [1.54, 1.807) is 24.4 Å². The third-order valence-corrected chi connectivity index (χ3v) is 3.50. The molecule has 1 heterocycles. The second-order valence-electron chi connectivity index (χ2n) is 4.32. The molecule has 2 aromatic rings. The van der Waals surface area contributed by atoms with E-state index in [2.05, 4.69) is 20.9 Å². The number of aliphatic hydroxyl groups is 1. The van der Waals surface area contributed by atoms with Crippen molar-refractivity contribution >= 4 is 15.9 Å². The number of rotatable bonds is 4. The summed E-state index contributed by atoms with van der Waals surface area (Å²) in [5.41, 5.74) is 5.71. The van der Waals surface area contributed by atoms with E-state index >= 15 is 0 Å². The molecule has 106 valence electrons. The van der Waals surface area contributed by atoms with Crippen molar-refractivity contribution in [3.8, 4) is 0 Å². The highest BCUT2D eigenvalue weighted by Crippen LogP contribution is 2.33. The van der Waals surface area contributed by atoms with Crippen molar-refractivity contribution in [3.05, 3.63) is 63.9 Å². The third kappa shape index (κ3) is 3.03. The predicted molar refractivity (Wildman–Crippen MR) is 75.1 cm³/mol. The van der Waals surface area contributed by atoms with Gasteiger partial charge in [-0.15, -0.1) is 0 Å². The van der Waals surface area contributed by atoms with E-state index in [9.17, 15) is 13.9 Å². The molecule has 0 spiro atoms. The lowest BCUT2D eigenvalue weighted by Gasteiger charge is -2.22. The monoisotopic (exact) mass is 342 g/mol. The van der Waals surface area contributed by atoms with Gasteiger partial charge in [-0.3, -0.25) is 4.98 Å². The summed E-state index contributed by atoms with van der Waals surface area (Å²) in [4.78, 5) is 4.08. The van der Waals surface area contributed by atoms with Crippen molar-refractivity contribution in [1.82, 2.24) is 4.98 Å². The fourth-order valence-electron chi connectivity index (χ4n) is 2.04. The van der Waals surface area contributed by atoms with Crippen LogP contribution in [0.25, 0.3) is 0 Å². The molecule has 1 aromatic heterocycles. The zero-order valence-corrected chi connectivity index (χ0v) is 12.0. The zero-order chi connectivity index (χ0) is 14.7. The Hall–Kier alpha value is -1.37. The summed E-state index contributed by atoms with van der Waals surface area (Å²) >= 11 is 3.00. The van der Waals surface area contributed by atoms with Gasteiger partial charge in [0, 0.05) is 28.8 Å². The van der Waals surface area contributed by atoms with E-state index in [0.29, 0.717) is 5.69 Å². The minimum absolute atomic E-state index is 0.0210. The van der Waals surface area contributed by atoms with E-state index in [1.807, 2.05) is 0 Å². The maximum atomic E-state index is 13.9. The second kappa shape index (κ2) is 6.39. The molecule has 0 aliphatic heterocycles. The highest BCUT2D eigenvalue weighted by molar-refractivity contribution is 9.10. The van der Waals surface area contributed by atoms with Crippen molar-refractivity contribution in [2.24, 2.45) is 5.73 Å². The number of aromatic nitrogens is 1. The highest BCUT2D eigenvalue weighted by Gasteiger charge is 2.28. The third-order valence-electron chi connectivity index (χ3n) is 3.04. The molecular weight excluding hydrogens is 330 g/mol. The predicted octanol–water partition coefficient (Wildman–Crippen LogP) is 2.90. The van der Waals surface area contributed by atoms with Crippen molar-refractivity contribution in [3.63, 3.8) is 0 Å². The Morgan fingerprint density at radius 1 is 1.25 bits per heavy atom. The average molecular weight is 343 g/mol. The molecule has 20 heavy (non-hydrogen) atoms. The quantitative estimate of drug-likeness (QED) is 0.898. The molecule has 0 aliphatic carbocycles. The molecule has 0 aliphatic rings. The fraction of sp³-hybridized carbons (Fsp3) is 0.214. The number of hydrogen-bond donors (Lipinski definition) is 2. The van der Waals surface area contributed by atoms with Gasteiger partial charge in [-0.25, -0.2) is 8.78 Å². The molecular formula is C14H13BrF2N2O. The topological polar surface area (TPSA) is 59.1 Å². The molecule has 2 rings (SSSR count). The van der Waals surface area contributed by atoms with Crippen molar-refractivity contribution < 1.29 is 13.9 Å². The van der Waals surface area contributed by atoms with Crippen molar-refractivity contribution in [2.45, 2.75) is 12.0 Å². The van der Waals surface area contributed by atoms with Gasteiger partial charge in [0.05, 0.1) is 11.7 Å². The van der Waals surface area contributed by atoms with Crippen molar-refractivity contribution in [1.29, 1.82) is 0 Å². The lowest BCUT2D eigenvalue weighted by molar-refractivity contribution is 0.137. The Labute approximate surface area is 123 Å². The van der Waals surface area contributed by atoms with E-state index < -0.39 is 29.2 Å². The van der Waals surface area contributed by atoms with Gasteiger partial charge in [0.15, 0.2) is 0 Å². The van der Waals surface area contributed by atoms with Gasteiger partial charge >= 0.3 is 0 Å². The normalized spacial score (nSPS) is 14.1. The lowest BCUT2D eigenvalue weighted by atomic mass is 9.92. The highest BCUT2D eigenvalue weighted by atomic mass is 79.9. The molecule has 3 N–H and O–H groups in total.